The van der Waals surface area contributed by atoms with Crippen molar-refractivity contribution in [3.8, 4) is 5.13 Å². The van der Waals surface area contributed by atoms with Crippen molar-refractivity contribution in [2.24, 2.45) is 0 Å². The third kappa shape index (κ3) is 4.01. The van der Waals surface area contributed by atoms with E-state index in [4.69, 9.17) is 21.6 Å². The normalized spacial score (nSPS) is 14.1. The molecule has 3 aromatic heterocycles. The van der Waals surface area contributed by atoms with Crippen LogP contribution in [0, 0.1) is 0 Å². The first-order valence-electron chi connectivity index (χ1n) is 11.4. The topological polar surface area (TPSA) is 89.7 Å². The van der Waals surface area contributed by atoms with Gasteiger partial charge in [-0.15, -0.1) is 0 Å². The molecule has 1 aromatic carbocycles. The van der Waals surface area contributed by atoms with Gasteiger partial charge in [-0.3, -0.25) is 4.79 Å². The van der Waals surface area contributed by atoms with Gasteiger partial charge < -0.3 is 10.6 Å². The smallest absolute Gasteiger partial charge is 0.278 e. The number of thiazole rings is 1. The molecular weight excluding hydrogens is 470 g/mol. The highest BCUT2D eigenvalue weighted by molar-refractivity contribution is 7.18. The molecule has 0 bridgehead atoms. The van der Waals surface area contributed by atoms with E-state index in [9.17, 15) is 4.79 Å². The standard InChI is InChI=1S/C24H28ClN7OS/c1-13(2)31-21(33)17-12-27-22(28-16-7-6-14-8-9-26-11-15(14)10-16)30-20(17)32(31)23-29-18(19(25)34-23)24(3,4)5/h6-7,10,12-13,26H,8-9,11H2,1-5H3,(H,27,28,30). The number of halogens is 1. The Hall–Kier alpha value is -2.75. The zero-order valence-corrected chi connectivity index (χ0v) is 21.5. The molecule has 10 heteroatoms. The first-order valence-corrected chi connectivity index (χ1v) is 12.6. The minimum Gasteiger partial charge on any atom is -0.324 e. The lowest BCUT2D eigenvalue weighted by Crippen LogP contribution is -2.24. The Morgan fingerprint density at radius 2 is 2.00 bits per heavy atom. The van der Waals surface area contributed by atoms with Crippen LogP contribution < -0.4 is 16.2 Å². The van der Waals surface area contributed by atoms with Crippen LogP contribution in [0.5, 0.6) is 0 Å². The average molecular weight is 498 g/mol. The van der Waals surface area contributed by atoms with Gasteiger partial charge in [0.1, 0.15) is 9.72 Å². The van der Waals surface area contributed by atoms with Gasteiger partial charge in [0, 0.05) is 29.9 Å². The fourth-order valence-electron chi connectivity index (χ4n) is 4.24. The van der Waals surface area contributed by atoms with E-state index in [-0.39, 0.29) is 17.0 Å². The molecule has 0 saturated carbocycles. The molecule has 0 amide bonds. The number of fused-ring (bicyclic) bond motifs is 2. The van der Waals surface area contributed by atoms with Crippen LogP contribution in [0.2, 0.25) is 4.34 Å². The molecule has 0 aliphatic carbocycles. The van der Waals surface area contributed by atoms with E-state index < -0.39 is 0 Å². The van der Waals surface area contributed by atoms with E-state index in [1.807, 2.05) is 19.9 Å². The monoisotopic (exact) mass is 497 g/mol. The predicted octanol–water partition coefficient (Wildman–Crippen LogP) is 4.96. The number of hydrogen-bond acceptors (Lipinski definition) is 7. The van der Waals surface area contributed by atoms with Crippen molar-refractivity contribution in [3.05, 3.63) is 55.9 Å². The number of benzene rings is 1. The maximum atomic E-state index is 13.3. The largest absolute Gasteiger partial charge is 0.324 e. The van der Waals surface area contributed by atoms with Crippen molar-refractivity contribution >= 4 is 45.6 Å². The summed E-state index contributed by atoms with van der Waals surface area (Å²) in [5, 5.41) is 7.76. The summed E-state index contributed by atoms with van der Waals surface area (Å²) in [6.45, 7) is 12.0. The summed E-state index contributed by atoms with van der Waals surface area (Å²) < 4.78 is 4.05. The van der Waals surface area contributed by atoms with Crippen molar-refractivity contribution < 1.29 is 0 Å². The van der Waals surface area contributed by atoms with Gasteiger partial charge in [0.15, 0.2) is 5.65 Å². The highest BCUT2D eigenvalue weighted by Gasteiger charge is 2.27. The first-order chi connectivity index (χ1) is 16.1. The Morgan fingerprint density at radius 1 is 1.21 bits per heavy atom. The van der Waals surface area contributed by atoms with Crippen molar-refractivity contribution in [2.45, 2.75) is 59.0 Å². The van der Waals surface area contributed by atoms with Gasteiger partial charge in [-0.1, -0.05) is 49.8 Å². The second-order valence-electron chi connectivity index (χ2n) is 9.89. The minimum absolute atomic E-state index is 0.105. The zero-order valence-electron chi connectivity index (χ0n) is 19.9. The molecule has 0 spiro atoms. The summed E-state index contributed by atoms with van der Waals surface area (Å²) >= 11 is 7.92. The van der Waals surface area contributed by atoms with Crippen LogP contribution in [0.3, 0.4) is 0 Å². The van der Waals surface area contributed by atoms with E-state index in [1.54, 1.807) is 15.6 Å². The number of anilines is 2. The summed E-state index contributed by atoms with van der Waals surface area (Å²) in [5.74, 6) is 0.421. The van der Waals surface area contributed by atoms with E-state index in [2.05, 4.69) is 48.5 Å². The molecule has 1 aliphatic heterocycles. The number of rotatable bonds is 4. The fourth-order valence-corrected chi connectivity index (χ4v) is 5.78. The van der Waals surface area contributed by atoms with E-state index in [0.29, 0.717) is 26.4 Å². The van der Waals surface area contributed by atoms with Crippen LogP contribution in [0.4, 0.5) is 11.6 Å². The predicted molar refractivity (Wildman–Crippen MR) is 138 cm³/mol. The lowest BCUT2D eigenvalue weighted by molar-refractivity contribution is 0.473. The highest BCUT2D eigenvalue weighted by Crippen LogP contribution is 2.36. The third-order valence-electron chi connectivity index (χ3n) is 5.93. The Bertz CT molecular complexity index is 1440. The molecule has 0 unspecified atom stereocenters. The lowest BCUT2D eigenvalue weighted by atomic mass is 9.93. The maximum Gasteiger partial charge on any atom is 0.278 e. The van der Waals surface area contributed by atoms with Crippen molar-refractivity contribution in [3.63, 3.8) is 0 Å². The van der Waals surface area contributed by atoms with E-state index in [1.165, 1.54) is 22.5 Å². The molecule has 0 saturated heterocycles. The zero-order chi connectivity index (χ0) is 24.2. The Morgan fingerprint density at radius 3 is 2.71 bits per heavy atom. The van der Waals surface area contributed by atoms with Crippen LogP contribution in [-0.4, -0.2) is 30.9 Å². The molecule has 2 N–H and O–H groups in total. The molecule has 4 heterocycles. The molecular formula is C24H28ClN7OS. The van der Waals surface area contributed by atoms with Crippen LogP contribution in [0.25, 0.3) is 16.2 Å². The number of nitrogens with zero attached hydrogens (tertiary/aromatic N) is 5. The van der Waals surface area contributed by atoms with Crippen LogP contribution in [-0.2, 0) is 18.4 Å². The molecule has 5 rings (SSSR count). The number of nitrogens with one attached hydrogen (secondary N) is 2. The molecule has 0 radical (unpaired) electrons. The highest BCUT2D eigenvalue weighted by atomic mass is 35.5. The molecule has 1 aliphatic rings. The van der Waals surface area contributed by atoms with E-state index in [0.717, 1.165) is 30.9 Å². The molecule has 0 fully saturated rings. The van der Waals surface area contributed by atoms with Gasteiger partial charge in [-0.05, 0) is 50.1 Å². The summed E-state index contributed by atoms with van der Waals surface area (Å²) in [5.41, 5.74) is 4.47. The summed E-state index contributed by atoms with van der Waals surface area (Å²) in [6, 6.07) is 6.21. The van der Waals surface area contributed by atoms with Crippen LogP contribution in [0.15, 0.2) is 29.2 Å². The van der Waals surface area contributed by atoms with Gasteiger partial charge in [0.25, 0.3) is 5.56 Å². The van der Waals surface area contributed by atoms with Crippen molar-refractivity contribution in [2.75, 3.05) is 11.9 Å². The Balaban J connectivity index is 1.63. The van der Waals surface area contributed by atoms with Crippen LogP contribution in [0.1, 0.15) is 57.5 Å². The number of hydrogen-bond donors (Lipinski definition) is 2. The van der Waals surface area contributed by atoms with Gasteiger partial charge >= 0.3 is 0 Å². The molecule has 34 heavy (non-hydrogen) atoms. The van der Waals surface area contributed by atoms with Crippen LogP contribution >= 0.6 is 22.9 Å². The van der Waals surface area contributed by atoms with Gasteiger partial charge in [0.2, 0.25) is 11.1 Å². The molecule has 0 atom stereocenters. The van der Waals surface area contributed by atoms with Crippen molar-refractivity contribution in [1.82, 2.24) is 29.6 Å². The summed E-state index contributed by atoms with van der Waals surface area (Å²) in [7, 11) is 0. The summed E-state index contributed by atoms with van der Waals surface area (Å²) in [4.78, 5) is 27.3. The third-order valence-corrected chi connectivity index (χ3v) is 7.16. The van der Waals surface area contributed by atoms with Crippen molar-refractivity contribution in [1.29, 1.82) is 0 Å². The van der Waals surface area contributed by atoms with Gasteiger partial charge in [-0.25, -0.2) is 19.3 Å². The minimum atomic E-state index is -0.221. The number of aromatic nitrogens is 5. The Labute approximate surface area is 207 Å². The lowest BCUT2D eigenvalue weighted by Gasteiger charge is -2.18. The molecule has 178 valence electrons. The van der Waals surface area contributed by atoms with Gasteiger partial charge in [0.05, 0.1) is 5.69 Å². The quantitative estimate of drug-likeness (QED) is 0.414. The molecule has 8 nitrogen and oxygen atoms in total. The fraction of sp³-hybridized carbons (Fsp3) is 0.417. The Kier molecular flexibility index (Phi) is 5.74. The second-order valence-corrected chi connectivity index (χ2v) is 11.5. The van der Waals surface area contributed by atoms with Gasteiger partial charge in [-0.2, -0.15) is 4.98 Å². The SMILES string of the molecule is CC(C)n1c(=O)c2cnc(Nc3ccc4c(c3)CNCC4)nc2n1-c1nc(C(C)(C)C)c(Cl)s1. The van der Waals surface area contributed by atoms with E-state index >= 15 is 0 Å². The molecule has 4 aromatic rings. The first kappa shape index (κ1) is 23.0. The summed E-state index contributed by atoms with van der Waals surface area (Å²) in [6.07, 6.45) is 2.61. The maximum absolute atomic E-state index is 13.3. The second kappa shape index (κ2) is 8.48. The average Bonchev–Trinajstić information content (AvgIpc) is 3.31.